The summed E-state index contributed by atoms with van der Waals surface area (Å²) < 4.78 is 0. The monoisotopic (exact) mass is 323 g/mol. The summed E-state index contributed by atoms with van der Waals surface area (Å²) in [6, 6.07) is 30.7. The van der Waals surface area contributed by atoms with E-state index in [1.807, 2.05) is 0 Å². The molecule has 0 aliphatic carbocycles. The van der Waals surface area contributed by atoms with E-state index in [0.29, 0.717) is 11.8 Å². The first-order chi connectivity index (χ1) is 12.3. The van der Waals surface area contributed by atoms with E-state index in [4.69, 9.17) is 0 Å². The number of rotatable bonds is 4. The van der Waals surface area contributed by atoms with Gasteiger partial charge in [-0.25, -0.2) is 0 Å². The van der Waals surface area contributed by atoms with E-state index in [9.17, 15) is 0 Å². The summed E-state index contributed by atoms with van der Waals surface area (Å²) in [4.78, 5) is 0. The molecule has 0 nitrogen and oxygen atoms in total. The summed E-state index contributed by atoms with van der Waals surface area (Å²) in [5.41, 5.74) is 2.83. The molecule has 0 saturated heterocycles. The standard InChI is InChI=1S/C25H23/c1-3-21(25-17-9-13-20-11-5-7-15-24(20)25)18(2)22-16-8-12-19-10-4-6-14-23(19)22/h4-18,21H,1,3H2,2H3. The van der Waals surface area contributed by atoms with Gasteiger partial charge in [-0.2, -0.15) is 0 Å². The highest BCUT2D eigenvalue weighted by Crippen LogP contribution is 2.40. The zero-order chi connectivity index (χ0) is 17.2. The predicted octanol–water partition coefficient (Wildman–Crippen LogP) is 7.10. The Kier molecular flexibility index (Phi) is 4.28. The fourth-order valence-corrected chi connectivity index (χ4v) is 4.11. The molecule has 0 amide bonds. The Bertz CT molecular complexity index is 1000. The summed E-state index contributed by atoms with van der Waals surface area (Å²) in [6.45, 7) is 6.64. The molecule has 0 N–H and O–H groups in total. The maximum absolute atomic E-state index is 4.30. The van der Waals surface area contributed by atoms with Crippen LogP contribution in [0.25, 0.3) is 21.5 Å². The molecule has 0 aliphatic heterocycles. The molecule has 0 fully saturated rings. The van der Waals surface area contributed by atoms with E-state index in [-0.39, 0.29) is 0 Å². The fraction of sp³-hybridized carbons (Fsp3) is 0.160. The van der Waals surface area contributed by atoms with Crippen molar-refractivity contribution in [3.8, 4) is 0 Å². The highest BCUT2D eigenvalue weighted by molar-refractivity contribution is 5.88. The van der Waals surface area contributed by atoms with Crippen LogP contribution < -0.4 is 0 Å². The van der Waals surface area contributed by atoms with Gasteiger partial charge in [0.05, 0.1) is 0 Å². The molecule has 0 saturated carbocycles. The Hall–Kier alpha value is -2.60. The summed E-state index contributed by atoms with van der Waals surface area (Å²) in [6.07, 6.45) is 0.887. The van der Waals surface area contributed by atoms with Crippen LogP contribution in [0.5, 0.6) is 0 Å². The normalized spacial score (nSPS) is 13.8. The Morgan fingerprint density at radius 1 is 0.640 bits per heavy atom. The molecular formula is C25H23. The fourth-order valence-electron chi connectivity index (χ4n) is 4.11. The largest absolute Gasteiger partial charge is 0.0616 e. The van der Waals surface area contributed by atoms with Crippen molar-refractivity contribution in [2.24, 2.45) is 0 Å². The van der Waals surface area contributed by atoms with Crippen molar-refractivity contribution < 1.29 is 0 Å². The number of hydrogen-bond acceptors (Lipinski definition) is 0. The molecule has 0 aliphatic rings. The Morgan fingerprint density at radius 2 is 1.12 bits per heavy atom. The minimum Gasteiger partial charge on any atom is -0.0616 e. The average Bonchev–Trinajstić information content (AvgIpc) is 2.68. The van der Waals surface area contributed by atoms with Crippen LogP contribution in [-0.2, 0) is 0 Å². The van der Waals surface area contributed by atoms with Gasteiger partial charge in [-0.3, -0.25) is 0 Å². The molecule has 0 bridgehead atoms. The Labute approximate surface area is 150 Å². The maximum atomic E-state index is 4.30. The number of hydrogen-bond donors (Lipinski definition) is 0. The molecule has 0 aromatic heterocycles. The van der Waals surface area contributed by atoms with Gasteiger partial charge in [-0.1, -0.05) is 98.8 Å². The van der Waals surface area contributed by atoms with Gasteiger partial charge in [0.25, 0.3) is 0 Å². The van der Waals surface area contributed by atoms with Gasteiger partial charge in [0, 0.05) is 0 Å². The van der Waals surface area contributed by atoms with Crippen molar-refractivity contribution in [2.75, 3.05) is 0 Å². The minimum absolute atomic E-state index is 0.400. The molecule has 0 spiro atoms. The molecule has 2 atom stereocenters. The van der Waals surface area contributed by atoms with Crippen LogP contribution in [0.1, 0.15) is 36.3 Å². The lowest BCUT2D eigenvalue weighted by Gasteiger charge is -2.26. The third kappa shape index (κ3) is 2.82. The van der Waals surface area contributed by atoms with E-state index in [2.05, 4.69) is 98.8 Å². The lowest BCUT2D eigenvalue weighted by Crippen LogP contribution is -2.09. The second kappa shape index (κ2) is 6.72. The molecule has 4 rings (SSSR count). The first kappa shape index (κ1) is 15.9. The third-order valence-corrected chi connectivity index (χ3v) is 5.45. The van der Waals surface area contributed by atoms with Gasteiger partial charge in [-0.15, -0.1) is 0 Å². The summed E-state index contributed by atoms with van der Waals surface area (Å²) in [5.74, 6) is 0.811. The molecular weight excluding hydrogens is 300 g/mol. The summed E-state index contributed by atoms with van der Waals surface area (Å²) >= 11 is 0. The first-order valence-corrected chi connectivity index (χ1v) is 9.04. The second-order valence-corrected chi connectivity index (χ2v) is 6.82. The minimum atomic E-state index is 0.400. The van der Waals surface area contributed by atoms with Crippen molar-refractivity contribution in [2.45, 2.75) is 25.2 Å². The van der Waals surface area contributed by atoms with Crippen LogP contribution in [-0.4, -0.2) is 0 Å². The van der Waals surface area contributed by atoms with Crippen molar-refractivity contribution >= 4 is 21.5 Å². The van der Waals surface area contributed by atoms with Crippen LogP contribution in [0.4, 0.5) is 0 Å². The van der Waals surface area contributed by atoms with Crippen molar-refractivity contribution in [3.63, 3.8) is 0 Å². The molecule has 0 heteroatoms. The second-order valence-electron chi connectivity index (χ2n) is 6.82. The van der Waals surface area contributed by atoms with E-state index in [1.165, 1.54) is 32.7 Å². The van der Waals surface area contributed by atoms with Gasteiger partial charge < -0.3 is 0 Å². The van der Waals surface area contributed by atoms with Gasteiger partial charge in [0.15, 0.2) is 0 Å². The molecule has 2 unspecified atom stereocenters. The Morgan fingerprint density at radius 3 is 1.72 bits per heavy atom. The molecule has 25 heavy (non-hydrogen) atoms. The summed E-state index contributed by atoms with van der Waals surface area (Å²) in [7, 11) is 0. The molecule has 0 heterocycles. The SMILES string of the molecule is [CH2]CC(c1cccc2ccccc12)C(C)c1cccc2ccccc12. The van der Waals surface area contributed by atoms with E-state index < -0.39 is 0 Å². The van der Waals surface area contributed by atoms with E-state index in [1.54, 1.807) is 0 Å². The predicted molar refractivity (Wildman–Crippen MR) is 109 cm³/mol. The maximum Gasteiger partial charge on any atom is -0.00894 e. The van der Waals surface area contributed by atoms with Gasteiger partial charge >= 0.3 is 0 Å². The first-order valence-electron chi connectivity index (χ1n) is 9.04. The van der Waals surface area contributed by atoms with E-state index in [0.717, 1.165) is 6.42 Å². The van der Waals surface area contributed by atoms with Gasteiger partial charge in [-0.05, 0) is 50.9 Å². The molecule has 1 radical (unpaired) electrons. The lowest BCUT2D eigenvalue weighted by atomic mass is 9.78. The zero-order valence-corrected chi connectivity index (χ0v) is 14.7. The van der Waals surface area contributed by atoms with Crippen LogP contribution in [0.3, 0.4) is 0 Å². The summed E-state index contributed by atoms with van der Waals surface area (Å²) in [5, 5.41) is 5.33. The van der Waals surface area contributed by atoms with Crippen LogP contribution in [0, 0.1) is 6.92 Å². The average molecular weight is 323 g/mol. The van der Waals surface area contributed by atoms with Gasteiger partial charge in [0.2, 0.25) is 0 Å². The molecule has 123 valence electrons. The van der Waals surface area contributed by atoms with Crippen LogP contribution in [0.15, 0.2) is 84.9 Å². The van der Waals surface area contributed by atoms with Crippen molar-refractivity contribution in [1.82, 2.24) is 0 Å². The van der Waals surface area contributed by atoms with Crippen LogP contribution in [0.2, 0.25) is 0 Å². The molecule has 4 aromatic carbocycles. The topological polar surface area (TPSA) is 0 Å². The smallest absolute Gasteiger partial charge is 0.00894 e. The lowest BCUT2D eigenvalue weighted by molar-refractivity contribution is 0.587. The number of benzene rings is 4. The zero-order valence-electron chi connectivity index (χ0n) is 14.7. The Balaban J connectivity index is 1.85. The highest BCUT2D eigenvalue weighted by atomic mass is 14.3. The van der Waals surface area contributed by atoms with Gasteiger partial charge in [0.1, 0.15) is 0 Å². The third-order valence-electron chi connectivity index (χ3n) is 5.45. The molecule has 4 aromatic rings. The van der Waals surface area contributed by atoms with Crippen LogP contribution >= 0.6 is 0 Å². The number of fused-ring (bicyclic) bond motifs is 2. The van der Waals surface area contributed by atoms with E-state index >= 15 is 0 Å². The quantitative estimate of drug-likeness (QED) is 0.375. The van der Waals surface area contributed by atoms with Crippen molar-refractivity contribution in [1.29, 1.82) is 0 Å². The van der Waals surface area contributed by atoms with Crippen molar-refractivity contribution in [3.05, 3.63) is 103 Å². The highest BCUT2D eigenvalue weighted by Gasteiger charge is 2.22.